The summed E-state index contributed by atoms with van der Waals surface area (Å²) in [6.45, 7) is 2.01. The molecule has 0 aliphatic carbocycles. The standard InChI is InChI=1S/C17H19ClN4O/c1-10-5-4-7-12(19)17-21-15(16(18)22-17)11-6-2-3-8-13(11)20-14(23)9-10/h2-6,8,10,12H,7,9,19H2,1H3,(H,20,23)(H,21,22)/b5-4-/t10?,12-/m0/s1. The number of imidazole rings is 1. The van der Waals surface area contributed by atoms with Crippen LogP contribution >= 0.6 is 11.6 Å². The third kappa shape index (κ3) is 3.46. The fraction of sp³-hybridized carbons (Fsp3) is 0.294. The number of carbonyl (C=O) groups is 1. The molecule has 0 saturated carbocycles. The van der Waals surface area contributed by atoms with Crippen molar-refractivity contribution in [3.05, 3.63) is 47.4 Å². The number of anilines is 1. The summed E-state index contributed by atoms with van der Waals surface area (Å²) in [7, 11) is 0. The summed E-state index contributed by atoms with van der Waals surface area (Å²) in [5, 5.41) is 3.37. The SMILES string of the molecule is CC1/C=C\C[C@H](N)c2nc(c(Cl)[nH]2)-c2ccccc2NC(=O)C1. The van der Waals surface area contributed by atoms with Gasteiger partial charge in [0.1, 0.15) is 16.7 Å². The third-order valence-corrected chi connectivity index (χ3v) is 4.12. The van der Waals surface area contributed by atoms with Gasteiger partial charge in [0.15, 0.2) is 0 Å². The number of nitrogens with two attached hydrogens (primary N) is 1. The second-order valence-electron chi connectivity index (χ2n) is 5.83. The number of fused-ring (bicyclic) bond motifs is 4. The molecule has 4 N–H and O–H groups in total. The number of hydrogen-bond acceptors (Lipinski definition) is 3. The number of allylic oxidation sites excluding steroid dienone is 1. The Morgan fingerprint density at radius 3 is 2.96 bits per heavy atom. The lowest BCUT2D eigenvalue weighted by Gasteiger charge is -2.11. The van der Waals surface area contributed by atoms with Gasteiger partial charge in [-0.25, -0.2) is 4.98 Å². The third-order valence-electron chi connectivity index (χ3n) is 3.85. The summed E-state index contributed by atoms with van der Waals surface area (Å²) in [4.78, 5) is 19.8. The van der Waals surface area contributed by atoms with Crippen LogP contribution in [0.25, 0.3) is 11.3 Å². The highest BCUT2D eigenvalue weighted by Gasteiger charge is 2.19. The second-order valence-corrected chi connectivity index (χ2v) is 6.21. The second kappa shape index (κ2) is 6.56. The van der Waals surface area contributed by atoms with Crippen LogP contribution in [0.5, 0.6) is 0 Å². The Morgan fingerprint density at radius 1 is 1.35 bits per heavy atom. The number of para-hydroxylation sites is 1. The summed E-state index contributed by atoms with van der Waals surface area (Å²) < 4.78 is 0. The average Bonchev–Trinajstić information content (AvgIpc) is 2.89. The number of nitrogens with zero attached hydrogens (tertiary/aromatic N) is 1. The van der Waals surface area contributed by atoms with E-state index in [0.717, 1.165) is 5.56 Å². The number of aromatic nitrogens is 2. The molecule has 2 atom stereocenters. The minimum atomic E-state index is -0.263. The summed E-state index contributed by atoms with van der Waals surface area (Å²) in [6.07, 6.45) is 5.05. The first-order valence-corrected chi connectivity index (χ1v) is 7.99. The minimum Gasteiger partial charge on any atom is -0.331 e. The van der Waals surface area contributed by atoms with Crippen molar-refractivity contribution in [2.24, 2.45) is 11.7 Å². The molecule has 2 heterocycles. The van der Waals surface area contributed by atoms with Crippen molar-refractivity contribution in [3.63, 3.8) is 0 Å². The Balaban J connectivity index is 2.09. The van der Waals surface area contributed by atoms with Crippen molar-refractivity contribution in [1.29, 1.82) is 0 Å². The van der Waals surface area contributed by atoms with Gasteiger partial charge in [-0.1, -0.05) is 48.9 Å². The van der Waals surface area contributed by atoms with Gasteiger partial charge in [0.25, 0.3) is 0 Å². The summed E-state index contributed by atoms with van der Waals surface area (Å²) >= 11 is 6.30. The minimum absolute atomic E-state index is 0.0370. The fourth-order valence-corrected chi connectivity index (χ4v) is 2.89. The number of amides is 1. The van der Waals surface area contributed by atoms with Gasteiger partial charge in [0.2, 0.25) is 5.91 Å². The van der Waals surface area contributed by atoms with Crippen LogP contribution in [-0.4, -0.2) is 15.9 Å². The Kier molecular flexibility index (Phi) is 4.50. The van der Waals surface area contributed by atoms with Gasteiger partial charge in [-0.3, -0.25) is 4.79 Å². The molecule has 0 saturated heterocycles. The molecule has 1 aromatic carbocycles. The van der Waals surface area contributed by atoms with Crippen LogP contribution in [0.4, 0.5) is 5.69 Å². The van der Waals surface area contributed by atoms with E-state index in [2.05, 4.69) is 15.3 Å². The highest BCUT2D eigenvalue weighted by molar-refractivity contribution is 6.32. The van der Waals surface area contributed by atoms with Gasteiger partial charge in [-0.05, 0) is 18.4 Å². The van der Waals surface area contributed by atoms with Crippen LogP contribution in [0.15, 0.2) is 36.4 Å². The lowest BCUT2D eigenvalue weighted by Crippen LogP contribution is -2.15. The van der Waals surface area contributed by atoms with Crippen LogP contribution < -0.4 is 11.1 Å². The number of H-pyrrole nitrogens is 1. The fourth-order valence-electron chi connectivity index (χ4n) is 2.65. The van der Waals surface area contributed by atoms with Crippen molar-refractivity contribution in [1.82, 2.24) is 9.97 Å². The maximum Gasteiger partial charge on any atom is 0.224 e. The molecule has 1 aromatic heterocycles. The van der Waals surface area contributed by atoms with Crippen molar-refractivity contribution in [2.75, 3.05) is 5.32 Å². The Morgan fingerprint density at radius 2 is 2.13 bits per heavy atom. The molecule has 1 unspecified atom stereocenters. The van der Waals surface area contributed by atoms with E-state index in [0.29, 0.717) is 35.2 Å². The van der Waals surface area contributed by atoms with E-state index in [-0.39, 0.29) is 17.9 Å². The summed E-state index contributed by atoms with van der Waals surface area (Å²) in [6, 6.07) is 7.22. The Bertz CT molecular complexity index is 753. The predicted octanol–water partition coefficient (Wildman–Crippen LogP) is 3.65. The van der Waals surface area contributed by atoms with Gasteiger partial charge < -0.3 is 16.0 Å². The smallest absolute Gasteiger partial charge is 0.224 e. The van der Waals surface area contributed by atoms with Crippen LogP contribution in [-0.2, 0) is 4.79 Å². The van der Waals surface area contributed by atoms with E-state index in [1.807, 2.05) is 43.3 Å². The number of nitrogens with one attached hydrogen (secondary N) is 2. The molecule has 5 nitrogen and oxygen atoms in total. The van der Waals surface area contributed by atoms with Crippen LogP contribution in [0.2, 0.25) is 5.15 Å². The number of hydrogen-bond donors (Lipinski definition) is 3. The van der Waals surface area contributed by atoms with Crippen molar-refractivity contribution >= 4 is 23.2 Å². The van der Waals surface area contributed by atoms with Gasteiger partial charge in [-0.2, -0.15) is 0 Å². The summed E-state index contributed by atoms with van der Waals surface area (Å²) in [5.41, 5.74) is 8.25. The quantitative estimate of drug-likeness (QED) is 0.644. The Hall–Kier alpha value is -2.11. The zero-order valence-electron chi connectivity index (χ0n) is 12.8. The molecule has 0 radical (unpaired) electrons. The van der Waals surface area contributed by atoms with E-state index >= 15 is 0 Å². The van der Waals surface area contributed by atoms with Crippen molar-refractivity contribution in [2.45, 2.75) is 25.8 Å². The molecule has 2 bridgehead atoms. The zero-order chi connectivity index (χ0) is 16.4. The molecule has 1 aliphatic rings. The number of halogens is 1. The topological polar surface area (TPSA) is 83.8 Å². The first-order valence-electron chi connectivity index (χ1n) is 7.61. The van der Waals surface area contributed by atoms with E-state index < -0.39 is 0 Å². The normalized spacial score (nSPS) is 23.0. The molecule has 0 spiro atoms. The highest BCUT2D eigenvalue weighted by Crippen LogP contribution is 2.33. The van der Waals surface area contributed by atoms with Gasteiger partial charge in [0.05, 0.1) is 11.7 Å². The first-order chi connectivity index (χ1) is 11.0. The average molecular weight is 331 g/mol. The molecule has 120 valence electrons. The van der Waals surface area contributed by atoms with Gasteiger partial charge in [0, 0.05) is 12.0 Å². The van der Waals surface area contributed by atoms with Crippen LogP contribution in [0, 0.1) is 5.92 Å². The molecule has 6 heteroatoms. The first kappa shape index (κ1) is 15.8. The Labute approximate surface area is 139 Å². The zero-order valence-corrected chi connectivity index (χ0v) is 13.6. The molecular formula is C17H19ClN4O. The van der Waals surface area contributed by atoms with Crippen LogP contribution in [0.3, 0.4) is 0 Å². The van der Waals surface area contributed by atoms with Crippen molar-refractivity contribution < 1.29 is 4.79 Å². The molecule has 3 rings (SSSR count). The molecular weight excluding hydrogens is 312 g/mol. The maximum absolute atomic E-state index is 12.2. The van der Waals surface area contributed by atoms with E-state index in [1.165, 1.54) is 0 Å². The van der Waals surface area contributed by atoms with E-state index in [1.54, 1.807) is 0 Å². The van der Waals surface area contributed by atoms with Crippen molar-refractivity contribution in [3.8, 4) is 11.3 Å². The molecule has 23 heavy (non-hydrogen) atoms. The number of rotatable bonds is 0. The van der Waals surface area contributed by atoms with Gasteiger partial charge >= 0.3 is 0 Å². The monoisotopic (exact) mass is 330 g/mol. The van der Waals surface area contributed by atoms with E-state index in [4.69, 9.17) is 17.3 Å². The number of carbonyl (C=O) groups excluding carboxylic acids is 1. The lowest BCUT2D eigenvalue weighted by atomic mass is 10.0. The maximum atomic E-state index is 12.2. The molecule has 2 aromatic rings. The highest BCUT2D eigenvalue weighted by atomic mass is 35.5. The molecule has 1 aliphatic heterocycles. The molecule has 0 fully saturated rings. The van der Waals surface area contributed by atoms with Crippen LogP contribution in [0.1, 0.15) is 31.6 Å². The van der Waals surface area contributed by atoms with Gasteiger partial charge in [-0.15, -0.1) is 0 Å². The predicted molar refractivity (Wildman–Crippen MR) is 92.1 cm³/mol. The molecule has 1 amide bonds. The largest absolute Gasteiger partial charge is 0.331 e. The number of aromatic amines is 1. The summed E-state index contributed by atoms with van der Waals surface area (Å²) in [5.74, 6) is 0.748. The van der Waals surface area contributed by atoms with E-state index in [9.17, 15) is 4.79 Å². The number of benzene rings is 1. The lowest BCUT2D eigenvalue weighted by molar-refractivity contribution is -0.116.